The Morgan fingerprint density at radius 2 is 0.744 bits per heavy atom. The van der Waals surface area contributed by atoms with E-state index in [1.54, 1.807) is 24.5 Å². The van der Waals surface area contributed by atoms with Crippen LogP contribution in [-0.4, -0.2) is 45.3 Å². The van der Waals surface area contributed by atoms with Gasteiger partial charge in [0.15, 0.2) is 0 Å². The molecule has 14 rings (SSSR count). The second kappa shape index (κ2) is 22.2. The number of hydrogen-bond acceptors (Lipinski definition) is 6. The summed E-state index contributed by atoms with van der Waals surface area (Å²) in [6.45, 7) is 4.14. The van der Waals surface area contributed by atoms with E-state index < -0.39 is 0 Å². The zero-order valence-electron chi connectivity index (χ0n) is 42.4. The van der Waals surface area contributed by atoms with E-state index >= 15 is 0 Å². The van der Waals surface area contributed by atoms with Crippen LogP contribution >= 0.6 is 0 Å². The van der Waals surface area contributed by atoms with Crippen molar-refractivity contribution in [3.05, 3.63) is 219 Å². The molecule has 0 bridgehead atoms. The number of hydrogen-bond donors (Lipinski definition) is 0. The van der Waals surface area contributed by atoms with Gasteiger partial charge in [0.2, 0.25) is 0 Å². The van der Waals surface area contributed by atoms with E-state index in [1.165, 1.54) is 71.4 Å². The Bertz CT molecular complexity index is 3880. The first-order valence-electron chi connectivity index (χ1n) is 26.3. The summed E-state index contributed by atoms with van der Waals surface area (Å²) in [5, 5.41) is 4.84. The van der Waals surface area contributed by atoms with Crippen molar-refractivity contribution in [2.24, 2.45) is 0 Å². The van der Waals surface area contributed by atoms with E-state index in [4.69, 9.17) is 9.47 Å². The smallest absolute Gasteiger partial charge is 0.268 e. The maximum Gasteiger partial charge on any atom is 0.268 e. The van der Waals surface area contributed by atoms with Crippen LogP contribution in [0.2, 0.25) is 0 Å². The molecule has 6 heterocycles. The minimum absolute atomic E-state index is 0. The van der Waals surface area contributed by atoms with Crippen molar-refractivity contribution in [3.8, 4) is 57.1 Å². The van der Waals surface area contributed by atoms with Crippen LogP contribution in [0.15, 0.2) is 182 Å². The van der Waals surface area contributed by atoms with Crippen LogP contribution in [0.4, 0.5) is 11.4 Å². The summed E-state index contributed by atoms with van der Waals surface area (Å²) in [5.74, 6) is 1.95. The summed E-state index contributed by atoms with van der Waals surface area (Å²) in [4.78, 5) is 14.3. The average Bonchev–Trinajstić information content (AvgIpc) is 4.08. The number of imidazole rings is 2. The molecule has 0 saturated carbocycles. The number of fused-ring (bicyclic) bond motifs is 4. The van der Waals surface area contributed by atoms with Crippen molar-refractivity contribution in [2.45, 2.75) is 38.5 Å². The summed E-state index contributed by atoms with van der Waals surface area (Å²) in [6.07, 6.45) is 18.1. The molecule has 2 aliphatic heterocycles. The van der Waals surface area contributed by atoms with E-state index in [-0.39, 0.29) is 42.1 Å². The first kappa shape index (κ1) is 50.9. The van der Waals surface area contributed by atoms with Gasteiger partial charge in [-0.3, -0.25) is 9.13 Å². The molecule has 78 heavy (non-hydrogen) atoms. The standard InChI is InChI=1S/C66H50N8O2.2Pt/c1-11-33-69(34-12-1)63-37-47-17-3-5-19-49(47)39-65(63)73-45-71(59-25-7-9-27-61(59)73)51-21-15-23-53(41-51)75-55-29-31-67-57(43-55)58-44-56(30-32-68-58)76-54-24-16-22-52(42-54)72-46-74(62-28-10-8-26-60(62)72)66-40-50-20-6-4-18-48(50)38-64(66)70-35-13-2-14-36-70;;/h3-10,15-32,37-40H,1-2,11-14,33-36H2;;/q-4;;. The molecule has 390 valence electrons. The number of aromatic nitrogens is 6. The third-order valence-electron chi connectivity index (χ3n) is 14.7. The zero-order chi connectivity index (χ0) is 50.4. The van der Waals surface area contributed by atoms with Crippen LogP contribution in [0.5, 0.6) is 23.0 Å². The minimum atomic E-state index is 0. The molecule has 2 aliphatic rings. The SMILES string of the molecule is [Pt].[Pt].[c-]1c(Oc2[c-]c(-c3[c-]c(Oc4[c-]c(-[n+]5[c-]n(-c6cc7ccccc7cc6N6CCCCC6)c6ccccc65)ccc4)ccn3)ncc2)cccc1-[n+]1[c-]n(-c2cc3ccccc3cc2N2CCCCC2)c2ccccc21. The third kappa shape index (κ3) is 9.89. The van der Waals surface area contributed by atoms with Crippen LogP contribution in [0.25, 0.3) is 77.7 Å². The Morgan fingerprint density at radius 3 is 1.17 bits per heavy atom. The third-order valence-corrected chi connectivity index (χ3v) is 14.7. The van der Waals surface area contributed by atoms with E-state index in [1.807, 2.05) is 36.4 Å². The number of nitrogens with zero attached hydrogens (tertiary/aromatic N) is 8. The first-order valence-corrected chi connectivity index (χ1v) is 26.3. The Kier molecular flexibility index (Phi) is 14.5. The average molecular weight is 1380 g/mol. The van der Waals surface area contributed by atoms with Gasteiger partial charge in [0.25, 0.3) is 12.7 Å². The van der Waals surface area contributed by atoms with Crippen LogP contribution < -0.4 is 28.4 Å². The second-order valence-corrected chi connectivity index (χ2v) is 19.6. The number of pyridine rings is 2. The van der Waals surface area contributed by atoms with Crippen LogP contribution in [0, 0.1) is 36.9 Å². The van der Waals surface area contributed by atoms with Gasteiger partial charge in [-0.2, -0.15) is 36.4 Å². The molecule has 12 aromatic rings. The number of benzene rings is 8. The summed E-state index contributed by atoms with van der Waals surface area (Å²) >= 11 is 0. The van der Waals surface area contributed by atoms with Crippen molar-refractivity contribution in [2.75, 3.05) is 36.0 Å². The van der Waals surface area contributed by atoms with Crippen molar-refractivity contribution in [1.82, 2.24) is 19.1 Å². The van der Waals surface area contributed by atoms with E-state index in [2.05, 4.69) is 196 Å². The monoisotopic (exact) mass is 1380 g/mol. The van der Waals surface area contributed by atoms with Crippen LogP contribution in [0.1, 0.15) is 38.5 Å². The minimum Gasteiger partial charge on any atom is -0.511 e. The molecule has 2 fully saturated rings. The van der Waals surface area contributed by atoms with Gasteiger partial charge in [0, 0.05) is 91.3 Å². The Morgan fingerprint density at radius 1 is 0.372 bits per heavy atom. The fourth-order valence-corrected chi connectivity index (χ4v) is 11.0. The molecule has 10 nitrogen and oxygen atoms in total. The molecule has 0 amide bonds. The molecule has 8 aromatic carbocycles. The molecule has 4 aromatic heterocycles. The maximum absolute atomic E-state index is 6.47. The van der Waals surface area contributed by atoms with Gasteiger partial charge >= 0.3 is 0 Å². The van der Waals surface area contributed by atoms with Crippen LogP contribution in [-0.2, 0) is 42.1 Å². The maximum atomic E-state index is 6.47. The number of anilines is 2. The van der Waals surface area contributed by atoms with E-state index in [9.17, 15) is 0 Å². The number of piperidine rings is 2. The molecular weight excluding hydrogens is 1330 g/mol. The normalized spacial score (nSPS) is 13.6. The fourth-order valence-electron chi connectivity index (χ4n) is 11.0. The summed E-state index contributed by atoms with van der Waals surface area (Å²) in [7, 11) is 0. The van der Waals surface area contributed by atoms with Crippen molar-refractivity contribution in [1.29, 1.82) is 0 Å². The van der Waals surface area contributed by atoms with Gasteiger partial charge in [-0.1, -0.05) is 97.1 Å². The largest absolute Gasteiger partial charge is 0.511 e. The van der Waals surface area contributed by atoms with Crippen molar-refractivity contribution < 1.29 is 60.7 Å². The van der Waals surface area contributed by atoms with E-state index in [0.717, 1.165) is 71.0 Å². The second-order valence-electron chi connectivity index (χ2n) is 19.6. The Hall–Kier alpha value is -7.90. The zero-order valence-corrected chi connectivity index (χ0v) is 47.0. The molecule has 12 heteroatoms. The fraction of sp³-hybridized carbons (Fsp3) is 0.152. The Labute approximate surface area is 482 Å². The molecule has 0 unspecified atom stereocenters. The van der Waals surface area contributed by atoms with Crippen molar-refractivity contribution >= 4 is 55.0 Å². The van der Waals surface area contributed by atoms with E-state index in [0.29, 0.717) is 34.4 Å². The molecule has 0 aliphatic carbocycles. The van der Waals surface area contributed by atoms with Gasteiger partial charge in [0.05, 0.1) is 44.8 Å². The van der Waals surface area contributed by atoms with Gasteiger partial charge in [0.1, 0.15) is 0 Å². The summed E-state index contributed by atoms with van der Waals surface area (Å²) in [5.41, 5.74) is 11.2. The molecule has 0 atom stereocenters. The predicted molar refractivity (Wildman–Crippen MR) is 297 cm³/mol. The molecule has 0 spiro atoms. The first-order chi connectivity index (χ1) is 37.6. The molecule has 0 N–H and O–H groups in total. The topological polar surface area (TPSA) is 68.3 Å². The Balaban J connectivity index is 0.00000305. The van der Waals surface area contributed by atoms with Gasteiger partial charge in [-0.15, -0.1) is 47.8 Å². The van der Waals surface area contributed by atoms with Crippen LogP contribution in [0.3, 0.4) is 0 Å². The number of rotatable bonds is 11. The molecule has 2 saturated heterocycles. The number of ether oxygens (including phenoxy) is 2. The molecule has 0 radical (unpaired) electrons. The van der Waals surface area contributed by atoms with Crippen molar-refractivity contribution in [3.63, 3.8) is 0 Å². The summed E-state index contributed by atoms with van der Waals surface area (Å²) < 4.78 is 21.5. The molecular formula is C66H50N8O2Pt2-4. The summed E-state index contributed by atoms with van der Waals surface area (Å²) in [6, 6.07) is 72.3. The van der Waals surface area contributed by atoms with Gasteiger partial charge in [-0.05, 0) is 108 Å². The number of para-hydroxylation sites is 4. The quantitative estimate of drug-likeness (QED) is 0.0949. The van der Waals surface area contributed by atoms with Gasteiger partial charge < -0.3 is 38.4 Å². The predicted octanol–water partition coefficient (Wildman–Crippen LogP) is 13.3. The van der Waals surface area contributed by atoms with Gasteiger partial charge in [-0.25, -0.2) is 0 Å².